The number of carbonyl (C=O) groups is 1. The topological polar surface area (TPSA) is 29.5 Å². The molecule has 3 nitrogen and oxygen atoms in total. The van der Waals surface area contributed by atoms with Crippen molar-refractivity contribution in [2.45, 2.75) is 25.9 Å². The van der Waals surface area contributed by atoms with Crippen molar-refractivity contribution >= 4 is 5.91 Å². The van der Waals surface area contributed by atoms with Crippen LogP contribution in [-0.4, -0.2) is 36.1 Å². The fourth-order valence-corrected chi connectivity index (χ4v) is 1.48. The second kappa shape index (κ2) is 3.59. The third kappa shape index (κ3) is 1.59. The summed E-state index contributed by atoms with van der Waals surface area (Å²) in [6.45, 7) is 5.03. The van der Waals surface area contributed by atoms with Crippen molar-refractivity contribution in [3.8, 4) is 12.3 Å². The molecule has 0 saturated carbocycles. The molecule has 1 fully saturated rings. The molecule has 1 amide bonds. The van der Waals surface area contributed by atoms with Gasteiger partial charge in [0.25, 0.3) is 5.91 Å². The first-order chi connectivity index (χ1) is 5.66. The van der Waals surface area contributed by atoms with Gasteiger partial charge < -0.3 is 9.64 Å². The van der Waals surface area contributed by atoms with Gasteiger partial charge in [-0.1, -0.05) is 0 Å². The lowest BCUT2D eigenvalue weighted by Gasteiger charge is -2.37. The smallest absolute Gasteiger partial charge is 0.298 e. The lowest BCUT2D eigenvalue weighted by Crippen LogP contribution is -2.52. The number of terminal acetylenes is 1. The molecule has 0 aliphatic carbocycles. The Bertz CT molecular complexity index is 209. The summed E-state index contributed by atoms with van der Waals surface area (Å²) in [6.07, 6.45) is 5.05. The second-order valence-electron chi connectivity index (χ2n) is 3.09. The van der Waals surface area contributed by atoms with E-state index in [4.69, 9.17) is 11.2 Å². The number of nitrogens with zero attached hydrogens (tertiary/aromatic N) is 1. The molecule has 2 atom stereocenters. The summed E-state index contributed by atoms with van der Waals surface area (Å²) in [5.41, 5.74) is 0. The van der Waals surface area contributed by atoms with Crippen molar-refractivity contribution in [3.63, 3.8) is 0 Å². The predicted molar refractivity (Wildman–Crippen MR) is 45.4 cm³/mol. The Morgan fingerprint density at radius 2 is 2.00 bits per heavy atom. The first kappa shape index (κ1) is 9.08. The first-order valence-corrected chi connectivity index (χ1v) is 4.03. The second-order valence-corrected chi connectivity index (χ2v) is 3.09. The Balaban J connectivity index is 2.70. The average molecular weight is 167 g/mol. The van der Waals surface area contributed by atoms with Gasteiger partial charge in [-0.15, -0.1) is 6.42 Å². The summed E-state index contributed by atoms with van der Waals surface area (Å²) < 4.78 is 5.26. The van der Waals surface area contributed by atoms with Gasteiger partial charge in [0.15, 0.2) is 0 Å². The Morgan fingerprint density at radius 3 is 2.42 bits per heavy atom. The normalized spacial score (nSPS) is 29.6. The molecule has 0 aromatic rings. The lowest BCUT2D eigenvalue weighted by molar-refractivity contribution is -0.137. The Morgan fingerprint density at radius 1 is 1.50 bits per heavy atom. The molecule has 1 aliphatic heterocycles. The van der Waals surface area contributed by atoms with Crippen LogP contribution in [0, 0.1) is 12.3 Å². The number of carbonyl (C=O) groups excluding carboxylic acids is 1. The zero-order chi connectivity index (χ0) is 9.14. The summed E-state index contributed by atoms with van der Waals surface area (Å²) in [4.78, 5) is 12.9. The summed E-state index contributed by atoms with van der Waals surface area (Å²) in [5.74, 6) is 1.89. The van der Waals surface area contributed by atoms with Gasteiger partial charge in [-0.3, -0.25) is 4.79 Å². The fourth-order valence-electron chi connectivity index (χ4n) is 1.48. The van der Waals surface area contributed by atoms with Gasteiger partial charge in [0, 0.05) is 0 Å². The van der Waals surface area contributed by atoms with E-state index in [-0.39, 0.29) is 18.0 Å². The number of hydrogen-bond donors (Lipinski definition) is 0. The maximum absolute atomic E-state index is 11.2. The molecule has 3 heteroatoms. The van der Waals surface area contributed by atoms with Crippen molar-refractivity contribution in [2.75, 3.05) is 13.2 Å². The van der Waals surface area contributed by atoms with Crippen molar-refractivity contribution in [1.29, 1.82) is 0 Å². The van der Waals surface area contributed by atoms with Crippen LogP contribution in [0.5, 0.6) is 0 Å². The van der Waals surface area contributed by atoms with Crippen molar-refractivity contribution in [1.82, 2.24) is 4.90 Å². The molecular formula is C9H13NO2. The molecular weight excluding hydrogens is 154 g/mol. The van der Waals surface area contributed by atoms with Crippen molar-refractivity contribution in [2.24, 2.45) is 0 Å². The molecule has 0 aromatic heterocycles. The summed E-state index contributed by atoms with van der Waals surface area (Å²) in [6, 6.07) is 0.189. The highest BCUT2D eigenvalue weighted by atomic mass is 16.5. The van der Waals surface area contributed by atoms with E-state index in [1.165, 1.54) is 0 Å². The minimum Gasteiger partial charge on any atom is -0.377 e. The van der Waals surface area contributed by atoms with E-state index in [1.54, 1.807) is 4.90 Å². The van der Waals surface area contributed by atoms with Crippen molar-refractivity contribution in [3.05, 3.63) is 0 Å². The molecule has 0 bridgehead atoms. The van der Waals surface area contributed by atoms with Crippen LogP contribution in [0.3, 0.4) is 0 Å². The lowest BCUT2D eigenvalue weighted by atomic mass is 10.2. The predicted octanol–water partition coefficient (Wildman–Crippen LogP) is 0.255. The quantitative estimate of drug-likeness (QED) is 0.484. The maximum atomic E-state index is 11.2. The van der Waals surface area contributed by atoms with Gasteiger partial charge in [-0.05, 0) is 19.8 Å². The highest BCUT2D eigenvalue weighted by Gasteiger charge is 2.28. The largest absolute Gasteiger partial charge is 0.377 e. The Labute approximate surface area is 72.7 Å². The van der Waals surface area contributed by atoms with Gasteiger partial charge >= 0.3 is 0 Å². The molecule has 1 saturated heterocycles. The molecule has 12 heavy (non-hydrogen) atoms. The number of morpholine rings is 1. The molecule has 66 valence electrons. The number of amides is 1. The molecule has 1 heterocycles. The SMILES string of the molecule is C#CC(=O)N1C(C)COCC1C. The van der Waals surface area contributed by atoms with Crippen LogP contribution < -0.4 is 0 Å². The van der Waals surface area contributed by atoms with Crippen LogP contribution in [0.2, 0.25) is 0 Å². The molecule has 1 rings (SSSR count). The Kier molecular flexibility index (Phi) is 2.72. The van der Waals surface area contributed by atoms with E-state index in [1.807, 2.05) is 13.8 Å². The van der Waals surface area contributed by atoms with Gasteiger partial charge in [0.05, 0.1) is 25.3 Å². The zero-order valence-electron chi connectivity index (χ0n) is 7.41. The van der Waals surface area contributed by atoms with E-state index in [9.17, 15) is 4.79 Å². The standard InChI is InChI=1S/C9H13NO2/c1-4-9(11)10-7(2)5-12-6-8(10)3/h1,7-8H,5-6H2,2-3H3. The van der Waals surface area contributed by atoms with E-state index >= 15 is 0 Å². The summed E-state index contributed by atoms with van der Waals surface area (Å²) in [5, 5.41) is 0. The average Bonchev–Trinajstić information content (AvgIpc) is 2.03. The highest BCUT2D eigenvalue weighted by Crippen LogP contribution is 2.12. The van der Waals surface area contributed by atoms with Crippen LogP contribution >= 0.6 is 0 Å². The van der Waals surface area contributed by atoms with Gasteiger partial charge in [0.1, 0.15) is 0 Å². The first-order valence-electron chi connectivity index (χ1n) is 4.03. The molecule has 0 aromatic carbocycles. The molecule has 0 N–H and O–H groups in total. The van der Waals surface area contributed by atoms with E-state index < -0.39 is 0 Å². The third-order valence-electron chi connectivity index (χ3n) is 2.03. The van der Waals surface area contributed by atoms with Crippen LogP contribution in [0.25, 0.3) is 0 Å². The minimum absolute atomic E-state index is 0.0947. The number of rotatable bonds is 0. The summed E-state index contributed by atoms with van der Waals surface area (Å²) >= 11 is 0. The van der Waals surface area contributed by atoms with E-state index in [2.05, 4.69) is 5.92 Å². The van der Waals surface area contributed by atoms with E-state index in [0.717, 1.165) is 0 Å². The van der Waals surface area contributed by atoms with Crippen LogP contribution in [0.4, 0.5) is 0 Å². The third-order valence-corrected chi connectivity index (χ3v) is 2.03. The molecule has 1 aliphatic rings. The zero-order valence-corrected chi connectivity index (χ0v) is 7.41. The van der Waals surface area contributed by atoms with Crippen molar-refractivity contribution < 1.29 is 9.53 Å². The van der Waals surface area contributed by atoms with Gasteiger partial charge in [-0.2, -0.15) is 0 Å². The maximum Gasteiger partial charge on any atom is 0.298 e. The molecule has 0 radical (unpaired) electrons. The number of hydrogen-bond acceptors (Lipinski definition) is 2. The molecule has 2 unspecified atom stereocenters. The summed E-state index contributed by atoms with van der Waals surface area (Å²) in [7, 11) is 0. The Hall–Kier alpha value is -1.01. The van der Waals surface area contributed by atoms with Gasteiger partial charge in [0.2, 0.25) is 0 Å². The van der Waals surface area contributed by atoms with Crippen LogP contribution in [0.1, 0.15) is 13.8 Å². The van der Waals surface area contributed by atoms with Crippen LogP contribution in [-0.2, 0) is 9.53 Å². The minimum atomic E-state index is -0.238. The molecule has 0 spiro atoms. The van der Waals surface area contributed by atoms with Crippen LogP contribution in [0.15, 0.2) is 0 Å². The highest BCUT2D eigenvalue weighted by molar-refractivity contribution is 5.93. The van der Waals surface area contributed by atoms with E-state index in [0.29, 0.717) is 13.2 Å². The number of ether oxygens (including phenoxy) is 1. The fraction of sp³-hybridized carbons (Fsp3) is 0.667. The van der Waals surface area contributed by atoms with Gasteiger partial charge in [-0.25, -0.2) is 0 Å². The monoisotopic (exact) mass is 167 g/mol.